The first kappa shape index (κ1) is 31.8. The molecule has 4 aromatic carbocycles. The zero-order valence-electron chi connectivity index (χ0n) is 24.0. The van der Waals surface area contributed by atoms with Crippen molar-refractivity contribution >= 4 is 43.5 Å². The summed E-state index contributed by atoms with van der Waals surface area (Å²) in [6.45, 7) is -0.0201. The summed E-state index contributed by atoms with van der Waals surface area (Å²) in [6, 6.07) is 32.2. The molecule has 0 saturated heterocycles. The van der Waals surface area contributed by atoms with Crippen LogP contribution in [0.5, 0.6) is 5.75 Å². The first-order chi connectivity index (χ1) is 20.6. The van der Waals surface area contributed by atoms with E-state index in [2.05, 4.69) is 21.2 Å². The van der Waals surface area contributed by atoms with Crippen molar-refractivity contribution in [1.82, 2.24) is 10.2 Å². The Hall–Kier alpha value is -4.15. The van der Waals surface area contributed by atoms with Gasteiger partial charge in [0.25, 0.3) is 0 Å². The summed E-state index contributed by atoms with van der Waals surface area (Å²) in [6.07, 6.45) is 1.31. The molecule has 0 aliphatic rings. The summed E-state index contributed by atoms with van der Waals surface area (Å²) in [4.78, 5) is 28.7. The topological polar surface area (TPSA) is 96.0 Å². The smallest absolute Gasteiger partial charge is 0.244 e. The van der Waals surface area contributed by atoms with Crippen LogP contribution in [0.3, 0.4) is 0 Å². The molecule has 0 fully saturated rings. The second kappa shape index (κ2) is 14.8. The average Bonchev–Trinajstić information content (AvgIpc) is 3.01. The van der Waals surface area contributed by atoms with Gasteiger partial charge >= 0.3 is 0 Å². The molecule has 0 radical (unpaired) electrons. The number of hydrogen-bond donors (Lipinski definition) is 1. The van der Waals surface area contributed by atoms with Crippen molar-refractivity contribution in [2.75, 3.05) is 24.2 Å². The highest BCUT2D eigenvalue weighted by Crippen LogP contribution is 2.24. The predicted octanol–water partition coefficient (Wildman–Crippen LogP) is 5.18. The van der Waals surface area contributed by atoms with Gasteiger partial charge in [0, 0.05) is 24.5 Å². The summed E-state index contributed by atoms with van der Waals surface area (Å²) in [5.74, 6) is -0.302. The van der Waals surface area contributed by atoms with Crippen LogP contribution in [0.1, 0.15) is 16.7 Å². The number of likely N-dealkylation sites (N-methyl/N-ethyl adjacent to an activating group) is 1. The van der Waals surface area contributed by atoms with Gasteiger partial charge in [-0.3, -0.25) is 13.9 Å². The number of benzene rings is 4. The molecule has 4 aromatic rings. The molecule has 43 heavy (non-hydrogen) atoms. The van der Waals surface area contributed by atoms with E-state index in [0.29, 0.717) is 18.0 Å². The van der Waals surface area contributed by atoms with E-state index in [1.54, 1.807) is 24.3 Å². The Labute approximate surface area is 261 Å². The standard InChI is InChI=1S/C33H34BrN3O5S/c1-35-33(39)31(21-25-10-5-3-6-11-25)36(22-27-14-9-15-28(34)20-27)32(38)23-37(43(2,40)41)29-16-18-30(19-17-29)42-24-26-12-7-4-8-13-26/h3-20,31H,21-24H2,1-2H3,(H,35,39)/t31-/m1/s1. The molecule has 0 bridgehead atoms. The maximum absolute atomic E-state index is 14.0. The average molecular weight is 665 g/mol. The zero-order chi connectivity index (χ0) is 30.8. The van der Waals surface area contributed by atoms with Crippen LogP contribution in [-0.2, 0) is 39.2 Å². The fourth-order valence-corrected chi connectivity index (χ4v) is 5.91. The minimum absolute atomic E-state index is 0.104. The van der Waals surface area contributed by atoms with Gasteiger partial charge in [-0.2, -0.15) is 0 Å². The molecule has 0 spiro atoms. The lowest BCUT2D eigenvalue weighted by Gasteiger charge is -2.33. The highest BCUT2D eigenvalue weighted by atomic mass is 79.9. The minimum atomic E-state index is -3.87. The number of carbonyl (C=O) groups is 2. The number of rotatable bonds is 13. The number of amides is 2. The lowest BCUT2D eigenvalue weighted by Crippen LogP contribution is -2.52. The van der Waals surface area contributed by atoms with Gasteiger partial charge in [0.1, 0.15) is 24.9 Å². The zero-order valence-corrected chi connectivity index (χ0v) is 26.4. The first-order valence-electron chi connectivity index (χ1n) is 13.7. The van der Waals surface area contributed by atoms with Crippen LogP contribution in [0.15, 0.2) is 114 Å². The van der Waals surface area contributed by atoms with Crippen molar-refractivity contribution in [3.63, 3.8) is 0 Å². The van der Waals surface area contributed by atoms with E-state index < -0.39 is 28.5 Å². The number of carbonyl (C=O) groups excluding carboxylic acids is 2. The van der Waals surface area contributed by atoms with Crippen LogP contribution in [0.2, 0.25) is 0 Å². The lowest BCUT2D eigenvalue weighted by atomic mass is 10.0. The molecule has 8 nitrogen and oxygen atoms in total. The van der Waals surface area contributed by atoms with Crippen molar-refractivity contribution in [3.05, 3.63) is 130 Å². The summed E-state index contributed by atoms with van der Waals surface area (Å²) in [7, 11) is -2.35. The number of halogens is 1. The third-order valence-corrected chi connectivity index (χ3v) is 8.45. The van der Waals surface area contributed by atoms with E-state index in [4.69, 9.17) is 4.74 Å². The van der Waals surface area contributed by atoms with Gasteiger partial charge < -0.3 is 15.0 Å². The van der Waals surface area contributed by atoms with Crippen LogP contribution in [0.4, 0.5) is 5.69 Å². The van der Waals surface area contributed by atoms with Gasteiger partial charge in [-0.05, 0) is 53.1 Å². The Morgan fingerprint density at radius 1 is 0.837 bits per heavy atom. The van der Waals surface area contributed by atoms with E-state index in [9.17, 15) is 18.0 Å². The van der Waals surface area contributed by atoms with Crippen LogP contribution < -0.4 is 14.4 Å². The van der Waals surface area contributed by atoms with Crippen LogP contribution >= 0.6 is 15.9 Å². The number of sulfonamides is 1. The molecule has 0 aromatic heterocycles. The van der Waals surface area contributed by atoms with Crippen molar-refractivity contribution in [3.8, 4) is 5.75 Å². The Balaban J connectivity index is 1.61. The largest absolute Gasteiger partial charge is 0.489 e. The molecule has 0 unspecified atom stereocenters. The Kier molecular flexibility index (Phi) is 11.0. The fraction of sp³-hybridized carbons (Fsp3) is 0.212. The fourth-order valence-electron chi connectivity index (χ4n) is 4.62. The molecule has 0 saturated carbocycles. The van der Waals surface area contributed by atoms with Gasteiger partial charge in [0.2, 0.25) is 21.8 Å². The minimum Gasteiger partial charge on any atom is -0.489 e. The Morgan fingerprint density at radius 2 is 1.44 bits per heavy atom. The van der Waals surface area contributed by atoms with E-state index in [1.165, 1.54) is 11.9 Å². The molecule has 224 valence electrons. The molecule has 1 N–H and O–H groups in total. The predicted molar refractivity (Wildman–Crippen MR) is 172 cm³/mol. The molecular formula is C33H34BrN3O5S. The Morgan fingerprint density at radius 3 is 2.02 bits per heavy atom. The maximum atomic E-state index is 14.0. The molecule has 0 aliphatic heterocycles. The second-order valence-corrected chi connectivity index (χ2v) is 12.8. The summed E-state index contributed by atoms with van der Waals surface area (Å²) < 4.78 is 33.7. The second-order valence-electron chi connectivity index (χ2n) is 10.0. The molecule has 10 heteroatoms. The monoisotopic (exact) mass is 663 g/mol. The number of nitrogens with one attached hydrogen (secondary N) is 1. The maximum Gasteiger partial charge on any atom is 0.244 e. The number of nitrogens with zero attached hydrogens (tertiary/aromatic N) is 2. The summed E-state index contributed by atoms with van der Waals surface area (Å²) >= 11 is 3.47. The molecule has 0 heterocycles. The van der Waals surface area contributed by atoms with Gasteiger partial charge in [-0.15, -0.1) is 0 Å². The van der Waals surface area contributed by atoms with E-state index in [-0.39, 0.29) is 18.9 Å². The van der Waals surface area contributed by atoms with Gasteiger partial charge in [-0.1, -0.05) is 88.7 Å². The third kappa shape index (κ3) is 9.17. The first-order valence-corrected chi connectivity index (χ1v) is 16.3. The van der Waals surface area contributed by atoms with Gasteiger partial charge in [-0.25, -0.2) is 8.42 Å². The highest BCUT2D eigenvalue weighted by molar-refractivity contribution is 9.10. The van der Waals surface area contributed by atoms with Crippen LogP contribution in [0, 0.1) is 0 Å². The van der Waals surface area contributed by atoms with E-state index >= 15 is 0 Å². The normalized spacial score (nSPS) is 11.8. The quantitative estimate of drug-likeness (QED) is 0.213. The SMILES string of the molecule is CNC(=O)[C@@H](Cc1ccccc1)N(Cc1cccc(Br)c1)C(=O)CN(c1ccc(OCc2ccccc2)cc1)S(C)(=O)=O. The van der Waals surface area contributed by atoms with Crippen molar-refractivity contribution in [1.29, 1.82) is 0 Å². The van der Waals surface area contributed by atoms with Crippen LogP contribution in [-0.4, -0.2) is 51.0 Å². The van der Waals surface area contributed by atoms with Crippen molar-refractivity contribution in [2.45, 2.75) is 25.6 Å². The molecule has 0 aliphatic carbocycles. The lowest BCUT2D eigenvalue weighted by molar-refractivity contribution is -0.139. The van der Waals surface area contributed by atoms with Crippen LogP contribution in [0.25, 0.3) is 0 Å². The number of anilines is 1. The summed E-state index contributed by atoms with van der Waals surface area (Å²) in [5.41, 5.74) is 2.97. The van der Waals surface area contributed by atoms with Crippen molar-refractivity contribution < 1.29 is 22.7 Å². The van der Waals surface area contributed by atoms with E-state index in [0.717, 1.165) is 31.7 Å². The molecular weight excluding hydrogens is 630 g/mol. The molecule has 4 rings (SSSR count). The Bertz CT molecular complexity index is 1620. The van der Waals surface area contributed by atoms with E-state index in [1.807, 2.05) is 84.9 Å². The van der Waals surface area contributed by atoms with Gasteiger partial charge in [0.15, 0.2) is 0 Å². The van der Waals surface area contributed by atoms with Gasteiger partial charge in [0.05, 0.1) is 11.9 Å². The van der Waals surface area contributed by atoms with Crippen molar-refractivity contribution in [2.24, 2.45) is 0 Å². The third-order valence-electron chi connectivity index (χ3n) is 6.81. The molecule has 1 atom stereocenters. The highest BCUT2D eigenvalue weighted by Gasteiger charge is 2.32. The molecule has 2 amide bonds. The number of ether oxygens (including phenoxy) is 1. The summed E-state index contributed by atoms with van der Waals surface area (Å²) in [5, 5.41) is 2.68. The number of hydrogen-bond acceptors (Lipinski definition) is 5.